The SMILES string of the molecule is Cc1cc(Oc2ccccc2)ccc1N(C(=O)CCl)[C@H](C(=O)N1CCN[C@@H](C(C)C)C1)c1cccs1. The highest BCUT2D eigenvalue weighted by Crippen LogP contribution is 2.36. The first-order valence-electron chi connectivity index (χ1n) is 12.2. The summed E-state index contributed by atoms with van der Waals surface area (Å²) >= 11 is 7.57. The minimum Gasteiger partial charge on any atom is -0.457 e. The number of aryl methyl sites for hydroxylation is 1. The van der Waals surface area contributed by atoms with E-state index in [-0.39, 0.29) is 23.7 Å². The Hall–Kier alpha value is -2.87. The van der Waals surface area contributed by atoms with Crippen LogP contribution in [-0.4, -0.2) is 48.3 Å². The highest BCUT2D eigenvalue weighted by molar-refractivity contribution is 7.10. The molecule has 1 aliphatic rings. The first kappa shape index (κ1) is 26.2. The molecule has 8 heteroatoms. The minimum absolute atomic E-state index is 0.0907. The molecule has 2 heterocycles. The summed E-state index contributed by atoms with van der Waals surface area (Å²) in [4.78, 5) is 31.6. The van der Waals surface area contributed by atoms with Gasteiger partial charge >= 0.3 is 0 Å². The highest BCUT2D eigenvalue weighted by atomic mass is 35.5. The van der Waals surface area contributed by atoms with Crippen molar-refractivity contribution in [2.75, 3.05) is 30.4 Å². The number of nitrogens with zero attached hydrogens (tertiary/aromatic N) is 2. The van der Waals surface area contributed by atoms with Crippen molar-refractivity contribution in [2.24, 2.45) is 5.92 Å². The van der Waals surface area contributed by atoms with Crippen molar-refractivity contribution in [3.8, 4) is 11.5 Å². The third-order valence-electron chi connectivity index (χ3n) is 6.42. The Morgan fingerprint density at radius 3 is 2.56 bits per heavy atom. The van der Waals surface area contributed by atoms with Crippen LogP contribution in [0.4, 0.5) is 5.69 Å². The van der Waals surface area contributed by atoms with Crippen LogP contribution in [0.25, 0.3) is 0 Å². The van der Waals surface area contributed by atoms with Crippen LogP contribution in [0.3, 0.4) is 0 Å². The van der Waals surface area contributed by atoms with Gasteiger partial charge in [-0.25, -0.2) is 0 Å². The number of ether oxygens (including phenoxy) is 1. The molecule has 2 amide bonds. The lowest BCUT2D eigenvalue weighted by atomic mass is 10.0. The number of halogens is 1. The minimum atomic E-state index is -0.790. The average molecular weight is 526 g/mol. The average Bonchev–Trinajstić information content (AvgIpc) is 3.42. The summed E-state index contributed by atoms with van der Waals surface area (Å²) in [5.74, 6) is 1.13. The lowest BCUT2D eigenvalue weighted by Crippen LogP contribution is -2.57. The van der Waals surface area contributed by atoms with E-state index in [0.717, 1.165) is 22.7 Å². The molecule has 2 aromatic carbocycles. The fourth-order valence-corrected chi connectivity index (χ4v) is 5.41. The van der Waals surface area contributed by atoms with E-state index >= 15 is 0 Å². The van der Waals surface area contributed by atoms with Crippen LogP contribution < -0.4 is 15.0 Å². The molecule has 0 bridgehead atoms. The quantitative estimate of drug-likeness (QED) is 0.388. The number of piperazine rings is 1. The third-order valence-corrected chi connectivity index (χ3v) is 7.57. The van der Waals surface area contributed by atoms with Crippen molar-refractivity contribution in [1.82, 2.24) is 10.2 Å². The zero-order valence-corrected chi connectivity index (χ0v) is 22.4. The van der Waals surface area contributed by atoms with Crippen LogP contribution in [0.2, 0.25) is 0 Å². The van der Waals surface area contributed by atoms with Gasteiger partial charge in [0, 0.05) is 36.2 Å². The van der Waals surface area contributed by atoms with E-state index in [4.69, 9.17) is 16.3 Å². The maximum absolute atomic E-state index is 14.1. The number of thiophene rings is 1. The third kappa shape index (κ3) is 5.91. The van der Waals surface area contributed by atoms with Gasteiger partial charge < -0.3 is 15.0 Å². The molecule has 0 unspecified atom stereocenters. The zero-order valence-electron chi connectivity index (χ0n) is 20.8. The second-order valence-electron chi connectivity index (χ2n) is 9.27. The van der Waals surface area contributed by atoms with E-state index in [9.17, 15) is 9.59 Å². The first-order chi connectivity index (χ1) is 17.4. The highest BCUT2D eigenvalue weighted by Gasteiger charge is 2.38. The number of hydrogen-bond donors (Lipinski definition) is 1. The Bertz CT molecular complexity index is 1170. The van der Waals surface area contributed by atoms with Crippen molar-refractivity contribution in [3.63, 3.8) is 0 Å². The predicted octanol–water partition coefficient (Wildman–Crippen LogP) is 5.62. The molecule has 36 heavy (non-hydrogen) atoms. The van der Waals surface area contributed by atoms with Gasteiger partial charge in [-0.05, 0) is 60.2 Å². The number of hydrogen-bond acceptors (Lipinski definition) is 5. The van der Waals surface area contributed by atoms with Crippen molar-refractivity contribution < 1.29 is 14.3 Å². The Kier molecular flexibility index (Phi) is 8.67. The van der Waals surface area contributed by atoms with E-state index < -0.39 is 6.04 Å². The van der Waals surface area contributed by atoms with Crippen LogP contribution in [-0.2, 0) is 9.59 Å². The van der Waals surface area contributed by atoms with Crippen molar-refractivity contribution >= 4 is 40.4 Å². The van der Waals surface area contributed by atoms with Gasteiger partial charge in [0.1, 0.15) is 23.4 Å². The topological polar surface area (TPSA) is 61.9 Å². The predicted molar refractivity (Wildman–Crippen MR) is 146 cm³/mol. The lowest BCUT2D eigenvalue weighted by Gasteiger charge is -2.40. The number of alkyl halides is 1. The van der Waals surface area contributed by atoms with Crippen molar-refractivity contribution in [2.45, 2.75) is 32.9 Å². The number of amides is 2. The summed E-state index contributed by atoms with van der Waals surface area (Å²) in [6.07, 6.45) is 0. The van der Waals surface area contributed by atoms with Gasteiger partial charge in [-0.2, -0.15) is 0 Å². The maximum atomic E-state index is 14.1. The number of nitrogens with one attached hydrogen (secondary N) is 1. The fourth-order valence-electron chi connectivity index (χ4n) is 4.47. The molecule has 0 saturated carbocycles. The molecular formula is C28H32ClN3O3S. The summed E-state index contributed by atoms with van der Waals surface area (Å²) in [6, 6.07) is 18.3. The van der Waals surface area contributed by atoms with Gasteiger partial charge in [0.25, 0.3) is 5.91 Å². The molecule has 0 spiro atoms. The molecule has 1 N–H and O–H groups in total. The molecule has 1 aromatic heterocycles. The van der Waals surface area contributed by atoms with E-state index in [2.05, 4.69) is 19.2 Å². The number of carbonyl (C=O) groups excluding carboxylic acids is 2. The number of rotatable bonds is 8. The molecule has 3 aromatic rings. The van der Waals surface area contributed by atoms with Crippen LogP contribution in [0, 0.1) is 12.8 Å². The maximum Gasteiger partial charge on any atom is 0.251 e. The zero-order chi connectivity index (χ0) is 25.7. The van der Waals surface area contributed by atoms with Crippen molar-refractivity contribution in [1.29, 1.82) is 0 Å². The standard InChI is InChI=1S/C28H32ClN3O3S/c1-19(2)23-18-31(14-13-30-23)28(34)27(25-10-7-15-36-25)32(26(33)17-29)24-12-11-22(16-20(24)3)35-21-8-5-4-6-9-21/h4-12,15-16,19,23,27,30H,13-14,17-18H2,1-3H3/t23-,27+/m1/s1. The Labute approximate surface area is 221 Å². The molecule has 4 rings (SSSR count). The number of carbonyl (C=O) groups is 2. The van der Waals surface area contributed by atoms with Gasteiger partial charge in [-0.15, -0.1) is 22.9 Å². The molecule has 2 atom stereocenters. The molecule has 6 nitrogen and oxygen atoms in total. The van der Waals surface area contributed by atoms with Gasteiger partial charge in [0.2, 0.25) is 5.91 Å². The van der Waals surface area contributed by atoms with Gasteiger partial charge in [-0.3, -0.25) is 14.5 Å². The van der Waals surface area contributed by atoms with Crippen molar-refractivity contribution in [3.05, 3.63) is 76.5 Å². The number of anilines is 1. The second kappa shape index (κ2) is 11.9. The summed E-state index contributed by atoms with van der Waals surface area (Å²) in [5, 5.41) is 5.43. The normalized spacial score (nSPS) is 16.6. The summed E-state index contributed by atoms with van der Waals surface area (Å²) in [6.45, 7) is 8.12. The number of para-hydroxylation sites is 1. The monoisotopic (exact) mass is 525 g/mol. The smallest absolute Gasteiger partial charge is 0.251 e. The van der Waals surface area contributed by atoms with Crippen LogP contribution in [0.5, 0.6) is 11.5 Å². The molecule has 1 fully saturated rings. The molecule has 1 aliphatic heterocycles. The summed E-state index contributed by atoms with van der Waals surface area (Å²) in [5.41, 5.74) is 1.46. The van der Waals surface area contributed by atoms with Gasteiger partial charge in [-0.1, -0.05) is 38.1 Å². The van der Waals surface area contributed by atoms with E-state index in [1.54, 1.807) is 4.90 Å². The van der Waals surface area contributed by atoms with E-state index in [1.807, 2.05) is 77.9 Å². The van der Waals surface area contributed by atoms with Crippen LogP contribution in [0.1, 0.15) is 30.3 Å². The van der Waals surface area contributed by atoms with Crippen LogP contribution in [0.15, 0.2) is 66.0 Å². The Morgan fingerprint density at radius 1 is 1.14 bits per heavy atom. The van der Waals surface area contributed by atoms with E-state index in [1.165, 1.54) is 11.3 Å². The first-order valence-corrected chi connectivity index (χ1v) is 13.6. The molecule has 0 radical (unpaired) electrons. The largest absolute Gasteiger partial charge is 0.457 e. The van der Waals surface area contributed by atoms with Gasteiger partial charge in [0.15, 0.2) is 0 Å². The van der Waals surface area contributed by atoms with Gasteiger partial charge in [0.05, 0.1) is 0 Å². The Balaban J connectivity index is 1.70. The fraction of sp³-hybridized carbons (Fsp3) is 0.357. The molecular weight excluding hydrogens is 494 g/mol. The van der Waals surface area contributed by atoms with Crippen LogP contribution >= 0.6 is 22.9 Å². The lowest BCUT2D eigenvalue weighted by molar-refractivity contribution is -0.135. The molecule has 190 valence electrons. The van der Waals surface area contributed by atoms with E-state index in [0.29, 0.717) is 30.4 Å². The number of benzene rings is 2. The summed E-state index contributed by atoms with van der Waals surface area (Å²) in [7, 11) is 0. The molecule has 0 aliphatic carbocycles. The summed E-state index contributed by atoms with van der Waals surface area (Å²) < 4.78 is 5.98. The second-order valence-corrected chi connectivity index (χ2v) is 10.5. The molecule has 1 saturated heterocycles. The Morgan fingerprint density at radius 2 is 1.92 bits per heavy atom.